The van der Waals surface area contributed by atoms with Crippen molar-refractivity contribution in [3.8, 4) is 0 Å². The number of carbonyl (C=O) groups is 1. The Hall–Kier alpha value is -1.51. The monoisotopic (exact) mass is 274 g/mol. The number of hydrogen-bond acceptors (Lipinski definition) is 2. The Morgan fingerprint density at radius 1 is 1.40 bits per heavy atom. The van der Waals surface area contributed by atoms with E-state index in [0.717, 1.165) is 37.2 Å². The van der Waals surface area contributed by atoms with Gasteiger partial charge in [0.05, 0.1) is 0 Å². The molecule has 1 fully saturated rings. The molecule has 2 N–H and O–H groups in total. The Morgan fingerprint density at radius 3 is 2.95 bits per heavy atom. The van der Waals surface area contributed by atoms with Gasteiger partial charge < -0.3 is 10.6 Å². The molecule has 3 nitrogen and oxygen atoms in total. The van der Waals surface area contributed by atoms with Crippen LogP contribution in [0.4, 0.5) is 5.69 Å². The number of hydrogen-bond donors (Lipinski definition) is 1. The zero-order valence-electron chi connectivity index (χ0n) is 12.5. The van der Waals surface area contributed by atoms with Crippen LogP contribution < -0.4 is 5.73 Å². The Labute approximate surface area is 122 Å². The van der Waals surface area contributed by atoms with E-state index in [1.165, 1.54) is 19.3 Å². The van der Waals surface area contributed by atoms with Crippen molar-refractivity contribution in [2.24, 2.45) is 5.92 Å². The summed E-state index contributed by atoms with van der Waals surface area (Å²) in [5.74, 6) is 0.994. The van der Waals surface area contributed by atoms with Gasteiger partial charge in [0.15, 0.2) is 0 Å². The van der Waals surface area contributed by atoms with Gasteiger partial charge in [0.2, 0.25) is 5.91 Å². The van der Waals surface area contributed by atoms with Crippen molar-refractivity contribution >= 4 is 11.6 Å². The molecule has 1 aliphatic rings. The zero-order valence-corrected chi connectivity index (χ0v) is 12.5. The molecule has 0 aliphatic carbocycles. The minimum atomic E-state index is 0.286. The van der Waals surface area contributed by atoms with Crippen molar-refractivity contribution in [1.82, 2.24) is 4.90 Å². The van der Waals surface area contributed by atoms with E-state index in [-0.39, 0.29) is 5.91 Å². The van der Waals surface area contributed by atoms with E-state index in [9.17, 15) is 4.79 Å². The number of rotatable bonds is 5. The second kappa shape index (κ2) is 7.32. The summed E-state index contributed by atoms with van der Waals surface area (Å²) >= 11 is 0. The van der Waals surface area contributed by atoms with Crippen LogP contribution in [0.3, 0.4) is 0 Å². The number of likely N-dealkylation sites (tertiary alicyclic amines) is 1. The summed E-state index contributed by atoms with van der Waals surface area (Å²) in [5.41, 5.74) is 7.80. The molecule has 2 rings (SSSR count). The lowest BCUT2D eigenvalue weighted by molar-refractivity contribution is -0.133. The fraction of sp³-hybridized carbons (Fsp3) is 0.588. The molecule has 1 atom stereocenters. The van der Waals surface area contributed by atoms with E-state index in [1.54, 1.807) is 0 Å². The highest BCUT2D eigenvalue weighted by atomic mass is 16.2. The molecule has 3 heteroatoms. The molecule has 0 saturated carbocycles. The summed E-state index contributed by atoms with van der Waals surface area (Å²) in [6.07, 6.45) is 6.23. The largest absolute Gasteiger partial charge is 0.399 e. The van der Waals surface area contributed by atoms with Crippen LogP contribution in [0.1, 0.15) is 44.6 Å². The minimum absolute atomic E-state index is 0.286. The van der Waals surface area contributed by atoms with Crippen LogP contribution in [0.5, 0.6) is 0 Å². The molecule has 110 valence electrons. The maximum atomic E-state index is 12.3. The molecule has 1 aliphatic heterocycles. The second-order valence-corrected chi connectivity index (χ2v) is 5.84. The number of aryl methyl sites for hydroxylation is 1. The number of nitrogens with two attached hydrogens (primary N) is 1. The first kappa shape index (κ1) is 14.9. The molecule has 20 heavy (non-hydrogen) atoms. The van der Waals surface area contributed by atoms with Crippen molar-refractivity contribution in [3.05, 3.63) is 29.8 Å². The summed E-state index contributed by atoms with van der Waals surface area (Å²) in [6.45, 7) is 4.11. The Kier molecular flexibility index (Phi) is 5.45. The number of piperidine rings is 1. The van der Waals surface area contributed by atoms with Gasteiger partial charge in [-0.3, -0.25) is 4.79 Å². The average Bonchev–Trinajstić information content (AvgIpc) is 2.47. The lowest BCUT2D eigenvalue weighted by atomic mass is 9.93. The number of anilines is 1. The lowest BCUT2D eigenvalue weighted by Gasteiger charge is -2.32. The number of benzene rings is 1. The number of carbonyl (C=O) groups excluding carboxylic acids is 1. The highest BCUT2D eigenvalue weighted by Crippen LogP contribution is 2.22. The molecule has 0 spiro atoms. The third-order valence-electron chi connectivity index (χ3n) is 4.23. The quantitative estimate of drug-likeness (QED) is 0.838. The molecule has 1 aromatic carbocycles. The third-order valence-corrected chi connectivity index (χ3v) is 4.23. The van der Waals surface area contributed by atoms with E-state index in [4.69, 9.17) is 5.73 Å². The number of nitrogens with zero attached hydrogens (tertiary/aromatic N) is 1. The summed E-state index contributed by atoms with van der Waals surface area (Å²) < 4.78 is 0. The Morgan fingerprint density at radius 2 is 2.20 bits per heavy atom. The van der Waals surface area contributed by atoms with Crippen LogP contribution in [0.15, 0.2) is 24.3 Å². The highest BCUT2D eigenvalue weighted by Gasteiger charge is 2.22. The molecule has 0 aromatic heterocycles. The van der Waals surface area contributed by atoms with Gasteiger partial charge in [-0.1, -0.05) is 31.5 Å². The standard InChI is InChI=1S/C17H26N2O/c1-2-6-14-7-5-12-19(13-14)17(20)11-10-15-8-3-4-9-16(15)18/h3-4,8-9,14H,2,5-7,10-13,18H2,1H3. The van der Waals surface area contributed by atoms with Crippen LogP contribution in [0.2, 0.25) is 0 Å². The van der Waals surface area contributed by atoms with Gasteiger partial charge in [-0.15, -0.1) is 0 Å². The smallest absolute Gasteiger partial charge is 0.222 e. The van der Waals surface area contributed by atoms with Crippen molar-refractivity contribution < 1.29 is 4.79 Å². The van der Waals surface area contributed by atoms with E-state index in [1.807, 2.05) is 24.3 Å². The van der Waals surface area contributed by atoms with E-state index >= 15 is 0 Å². The second-order valence-electron chi connectivity index (χ2n) is 5.84. The molecule has 1 unspecified atom stereocenters. The first-order valence-corrected chi connectivity index (χ1v) is 7.82. The van der Waals surface area contributed by atoms with Crippen LogP contribution in [0, 0.1) is 5.92 Å². The van der Waals surface area contributed by atoms with Crippen molar-refractivity contribution in [2.75, 3.05) is 18.8 Å². The molecule has 0 radical (unpaired) electrons. The van der Waals surface area contributed by atoms with Gasteiger partial charge in [0.1, 0.15) is 0 Å². The summed E-state index contributed by atoms with van der Waals surface area (Å²) in [7, 11) is 0. The predicted molar refractivity (Wildman–Crippen MR) is 83.4 cm³/mol. The predicted octanol–water partition coefficient (Wildman–Crippen LogP) is 3.24. The molecule has 1 heterocycles. The molecular weight excluding hydrogens is 248 g/mol. The first-order chi connectivity index (χ1) is 9.70. The average molecular weight is 274 g/mol. The molecule has 1 saturated heterocycles. The summed E-state index contributed by atoms with van der Waals surface area (Å²) in [4.78, 5) is 14.4. The van der Waals surface area contributed by atoms with Crippen molar-refractivity contribution in [2.45, 2.75) is 45.4 Å². The maximum absolute atomic E-state index is 12.3. The molecular formula is C17H26N2O. The van der Waals surface area contributed by atoms with Crippen LogP contribution in [-0.4, -0.2) is 23.9 Å². The van der Waals surface area contributed by atoms with Gasteiger partial charge in [-0.2, -0.15) is 0 Å². The number of amides is 1. The molecule has 1 amide bonds. The van der Waals surface area contributed by atoms with E-state index in [2.05, 4.69) is 11.8 Å². The highest BCUT2D eigenvalue weighted by molar-refractivity contribution is 5.76. The van der Waals surface area contributed by atoms with Gasteiger partial charge in [-0.25, -0.2) is 0 Å². The SMILES string of the molecule is CCCC1CCCN(C(=O)CCc2ccccc2N)C1. The van der Waals surface area contributed by atoms with Crippen molar-refractivity contribution in [3.63, 3.8) is 0 Å². The van der Waals surface area contributed by atoms with Gasteiger partial charge in [-0.05, 0) is 43.2 Å². The van der Waals surface area contributed by atoms with E-state index in [0.29, 0.717) is 12.3 Å². The normalized spacial score (nSPS) is 19.1. The van der Waals surface area contributed by atoms with Crippen molar-refractivity contribution in [1.29, 1.82) is 0 Å². The van der Waals surface area contributed by atoms with E-state index < -0.39 is 0 Å². The maximum Gasteiger partial charge on any atom is 0.222 e. The van der Waals surface area contributed by atoms with Crippen LogP contribution >= 0.6 is 0 Å². The molecule has 1 aromatic rings. The summed E-state index contributed by atoms with van der Waals surface area (Å²) in [6, 6.07) is 7.83. The van der Waals surface area contributed by atoms with Gasteiger partial charge >= 0.3 is 0 Å². The fourth-order valence-corrected chi connectivity index (χ4v) is 3.10. The molecule has 0 bridgehead atoms. The Balaban J connectivity index is 1.84. The fourth-order valence-electron chi connectivity index (χ4n) is 3.10. The minimum Gasteiger partial charge on any atom is -0.399 e. The summed E-state index contributed by atoms with van der Waals surface area (Å²) in [5, 5.41) is 0. The zero-order chi connectivity index (χ0) is 14.4. The first-order valence-electron chi connectivity index (χ1n) is 7.82. The van der Waals surface area contributed by atoms with Crippen LogP contribution in [-0.2, 0) is 11.2 Å². The number of para-hydroxylation sites is 1. The third kappa shape index (κ3) is 3.99. The van der Waals surface area contributed by atoms with Gasteiger partial charge in [0, 0.05) is 25.2 Å². The lowest BCUT2D eigenvalue weighted by Crippen LogP contribution is -2.40. The number of nitrogen functional groups attached to an aromatic ring is 1. The van der Waals surface area contributed by atoms with Gasteiger partial charge in [0.25, 0.3) is 0 Å². The van der Waals surface area contributed by atoms with Crippen LogP contribution in [0.25, 0.3) is 0 Å². The Bertz CT molecular complexity index is 442. The topological polar surface area (TPSA) is 46.3 Å².